The Labute approximate surface area is 122 Å². The molecule has 1 amide bonds. The monoisotopic (exact) mass is 284 g/mol. The molecular formula is C16H16N2O3. The number of esters is 1. The molecule has 2 aromatic carbocycles. The van der Waals surface area contributed by atoms with Crippen molar-refractivity contribution in [3.05, 3.63) is 59.7 Å². The van der Waals surface area contributed by atoms with E-state index in [1.54, 1.807) is 30.3 Å². The van der Waals surface area contributed by atoms with Crippen LogP contribution in [0.2, 0.25) is 0 Å². The topological polar surface area (TPSA) is 81.4 Å². The molecule has 0 fully saturated rings. The van der Waals surface area contributed by atoms with Crippen molar-refractivity contribution in [1.82, 2.24) is 0 Å². The molecular weight excluding hydrogens is 268 g/mol. The number of nitrogens with two attached hydrogens (primary N) is 1. The summed E-state index contributed by atoms with van der Waals surface area (Å²) in [6.07, 6.45) is 0. The molecule has 5 nitrogen and oxygen atoms in total. The lowest BCUT2D eigenvalue weighted by Gasteiger charge is -2.07. The summed E-state index contributed by atoms with van der Waals surface area (Å²) in [4.78, 5) is 23.4. The van der Waals surface area contributed by atoms with E-state index in [1.165, 1.54) is 6.07 Å². The molecule has 0 aliphatic rings. The Balaban J connectivity index is 1.86. The van der Waals surface area contributed by atoms with Crippen molar-refractivity contribution in [2.24, 2.45) is 0 Å². The third-order valence-corrected chi connectivity index (χ3v) is 2.79. The van der Waals surface area contributed by atoms with Crippen molar-refractivity contribution in [2.75, 3.05) is 17.7 Å². The molecule has 0 spiro atoms. The molecule has 0 radical (unpaired) electrons. The van der Waals surface area contributed by atoms with Crippen LogP contribution in [0.15, 0.2) is 48.5 Å². The molecule has 0 aliphatic carbocycles. The first-order chi connectivity index (χ1) is 10.0. The molecule has 0 unspecified atom stereocenters. The van der Waals surface area contributed by atoms with Gasteiger partial charge in [-0.05, 0) is 37.3 Å². The number of hydrogen-bond acceptors (Lipinski definition) is 4. The lowest BCUT2D eigenvalue weighted by atomic mass is 10.2. The number of ether oxygens (including phenoxy) is 1. The standard InChI is InChI=1S/C16H16N2O3/c1-11-5-7-14(8-6-11)18-15(19)10-21-16(20)12-3-2-4-13(17)9-12/h2-9H,10,17H2,1H3,(H,18,19). The number of carbonyl (C=O) groups excluding carboxylic acids is 2. The third kappa shape index (κ3) is 4.35. The number of hydrogen-bond donors (Lipinski definition) is 2. The van der Waals surface area contributed by atoms with E-state index in [9.17, 15) is 9.59 Å². The first-order valence-electron chi connectivity index (χ1n) is 6.44. The van der Waals surface area contributed by atoms with Gasteiger partial charge in [-0.15, -0.1) is 0 Å². The van der Waals surface area contributed by atoms with Gasteiger partial charge in [0.1, 0.15) is 0 Å². The quantitative estimate of drug-likeness (QED) is 0.667. The fourth-order valence-electron chi connectivity index (χ4n) is 1.71. The van der Waals surface area contributed by atoms with E-state index in [0.29, 0.717) is 16.9 Å². The SMILES string of the molecule is Cc1ccc(NC(=O)COC(=O)c2cccc(N)c2)cc1. The molecule has 21 heavy (non-hydrogen) atoms. The van der Waals surface area contributed by atoms with Crippen LogP contribution < -0.4 is 11.1 Å². The number of carbonyl (C=O) groups is 2. The van der Waals surface area contributed by atoms with Gasteiger partial charge >= 0.3 is 5.97 Å². The van der Waals surface area contributed by atoms with Crippen molar-refractivity contribution in [3.8, 4) is 0 Å². The summed E-state index contributed by atoms with van der Waals surface area (Å²) in [5.74, 6) is -0.975. The first-order valence-corrected chi connectivity index (χ1v) is 6.44. The lowest BCUT2D eigenvalue weighted by Crippen LogP contribution is -2.20. The molecule has 108 valence electrons. The van der Waals surface area contributed by atoms with Crippen molar-refractivity contribution >= 4 is 23.3 Å². The van der Waals surface area contributed by atoms with Crippen molar-refractivity contribution < 1.29 is 14.3 Å². The van der Waals surface area contributed by atoms with Gasteiger partial charge < -0.3 is 15.8 Å². The van der Waals surface area contributed by atoms with Crippen LogP contribution in [-0.2, 0) is 9.53 Å². The third-order valence-electron chi connectivity index (χ3n) is 2.79. The summed E-state index contributed by atoms with van der Waals surface area (Å²) in [6, 6.07) is 13.7. The number of nitrogens with one attached hydrogen (secondary N) is 1. The molecule has 0 saturated heterocycles. The van der Waals surface area contributed by atoms with Gasteiger partial charge in [-0.1, -0.05) is 23.8 Å². The number of aryl methyl sites for hydroxylation is 1. The minimum atomic E-state index is -0.582. The number of amides is 1. The average Bonchev–Trinajstić information content (AvgIpc) is 2.47. The number of nitrogen functional groups attached to an aromatic ring is 1. The van der Waals surface area contributed by atoms with Crippen LogP contribution in [0.4, 0.5) is 11.4 Å². The Morgan fingerprint density at radius 1 is 1.14 bits per heavy atom. The van der Waals surface area contributed by atoms with Crippen LogP contribution in [0, 0.1) is 6.92 Å². The van der Waals surface area contributed by atoms with Crippen LogP contribution in [0.5, 0.6) is 0 Å². The Morgan fingerprint density at radius 3 is 2.52 bits per heavy atom. The zero-order valence-electron chi connectivity index (χ0n) is 11.6. The van der Waals surface area contributed by atoms with Crippen molar-refractivity contribution in [3.63, 3.8) is 0 Å². The number of benzene rings is 2. The second-order valence-corrected chi connectivity index (χ2v) is 4.62. The lowest BCUT2D eigenvalue weighted by molar-refractivity contribution is -0.119. The molecule has 0 saturated carbocycles. The maximum atomic E-state index is 11.7. The van der Waals surface area contributed by atoms with Crippen LogP contribution in [-0.4, -0.2) is 18.5 Å². The van der Waals surface area contributed by atoms with Gasteiger partial charge in [0.15, 0.2) is 6.61 Å². The smallest absolute Gasteiger partial charge is 0.338 e. The van der Waals surface area contributed by atoms with Crippen LogP contribution >= 0.6 is 0 Å². The fourth-order valence-corrected chi connectivity index (χ4v) is 1.71. The summed E-state index contributed by atoms with van der Waals surface area (Å²) in [7, 11) is 0. The zero-order chi connectivity index (χ0) is 15.2. The van der Waals surface area contributed by atoms with Crippen molar-refractivity contribution in [2.45, 2.75) is 6.92 Å². The van der Waals surface area contributed by atoms with Gasteiger partial charge in [-0.25, -0.2) is 4.79 Å². The van der Waals surface area contributed by atoms with Crippen LogP contribution in [0.1, 0.15) is 15.9 Å². The zero-order valence-corrected chi connectivity index (χ0v) is 11.6. The van der Waals surface area contributed by atoms with Gasteiger partial charge in [0.2, 0.25) is 0 Å². The van der Waals surface area contributed by atoms with E-state index < -0.39 is 11.9 Å². The summed E-state index contributed by atoms with van der Waals surface area (Å²) < 4.78 is 4.93. The maximum absolute atomic E-state index is 11.7. The molecule has 2 rings (SSSR count). The highest BCUT2D eigenvalue weighted by Crippen LogP contribution is 2.09. The average molecular weight is 284 g/mol. The second-order valence-electron chi connectivity index (χ2n) is 4.62. The van der Waals surface area contributed by atoms with Gasteiger partial charge in [0.25, 0.3) is 5.91 Å². The van der Waals surface area contributed by atoms with Crippen LogP contribution in [0.25, 0.3) is 0 Å². The summed E-state index contributed by atoms with van der Waals surface area (Å²) in [5.41, 5.74) is 8.12. The van der Waals surface area contributed by atoms with E-state index in [2.05, 4.69) is 5.32 Å². The summed E-state index contributed by atoms with van der Waals surface area (Å²) >= 11 is 0. The minimum absolute atomic E-state index is 0.318. The molecule has 0 aliphatic heterocycles. The molecule has 0 atom stereocenters. The normalized spacial score (nSPS) is 9.95. The highest BCUT2D eigenvalue weighted by atomic mass is 16.5. The number of rotatable bonds is 4. The van der Waals surface area contributed by atoms with Gasteiger partial charge in [-0.2, -0.15) is 0 Å². The predicted molar refractivity (Wildman–Crippen MR) is 80.9 cm³/mol. The second kappa shape index (κ2) is 6.56. The van der Waals surface area contributed by atoms with E-state index in [0.717, 1.165) is 5.56 Å². The highest BCUT2D eigenvalue weighted by Gasteiger charge is 2.10. The molecule has 0 aromatic heterocycles. The minimum Gasteiger partial charge on any atom is -0.452 e. The maximum Gasteiger partial charge on any atom is 0.338 e. The molecule has 0 heterocycles. The van der Waals surface area contributed by atoms with Crippen molar-refractivity contribution in [1.29, 1.82) is 0 Å². The summed E-state index contributed by atoms with van der Waals surface area (Å²) in [6.45, 7) is 1.61. The largest absolute Gasteiger partial charge is 0.452 e. The predicted octanol–water partition coefficient (Wildman–Crippen LogP) is 2.37. The van der Waals surface area contributed by atoms with E-state index in [-0.39, 0.29) is 6.61 Å². The molecule has 0 bridgehead atoms. The first kappa shape index (κ1) is 14.6. The van der Waals surface area contributed by atoms with Crippen LogP contribution in [0.3, 0.4) is 0 Å². The van der Waals surface area contributed by atoms with E-state index in [1.807, 2.05) is 19.1 Å². The Kier molecular flexibility index (Phi) is 4.56. The van der Waals surface area contributed by atoms with E-state index in [4.69, 9.17) is 10.5 Å². The van der Waals surface area contributed by atoms with Gasteiger partial charge in [0, 0.05) is 11.4 Å². The highest BCUT2D eigenvalue weighted by molar-refractivity contribution is 5.95. The fraction of sp³-hybridized carbons (Fsp3) is 0.125. The number of anilines is 2. The Bertz CT molecular complexity index is 651. The Morgan fingerprint density at radius 2 is 1.86 bits per heavy atom. The van der Waals surface area contributed by atoms with E-state index >= 15 is 0 Å². The Hall–Kier alpha value is -2.82. The van der Waals surface area contributed by atoms with Gasteiger partial charge in [0.05, 0.1) is 5.56 Å². The summed E-state index contributed by atoms with van der Waals surface area (Å²) in [5, 5.41) is 2.65. The molecule has 3 N–H and O–H groups in total. The van der Waals surface area contributed by atoms with Gasteiger partial charge in [-0.3, -0.25) is 4.79 Å². The molecule has 2 aromatic rings. The molecule has 5 heteroatoms.